The molecule has 1 saturated heterocycles. The number of para-hydroxylation sites is 1. The molecule has 29 heavy (non-hydrogen) atoms. The van der Waals surface area contributed by atoms with Crippen LogP contribution in [0.1, 0.15) is 5.69 Å². The van der Waals surface area contributed by atoms with Gasteiger partial charge in [0.05, 0.1) is 17.9 Å². The molecule has 0 unspecified atom stereocenters. The zero-order valence-corrected chi connectivity index (χ0v) is 18.7. The number of benzene rings is 1. The highest BCUT2D eigenvalue weighted by Gasteiger charge is 2.21. The van der Waals surface area contributed by atoms with Crippen LogP contribution in [0.25, 0.3) is 5.69 Å². The second-order valence-electron chi connectivity index (χ2n) is 6.51. The van der Waals surface area contributed by atoms with Crippen molar-refractivity contribution in [2.24, 2.45) is 4.99 Å². The number of aromatic nitrogens is 4. The summed E-state index contributed by atoms with van der Waals surface area (Å²) in [5, 5.41) is 8.06. The number of hydrogen-bond donors (Lipinski definition) is 1. The lowest BCUT2D eigenvalue weighted by Crippen LogP contribution is -2.52. The molecule has 0 radical (unpaired) electrons. The minimum absolute atomic E-state index is 0. The van der Waals surface area contributed by atoms with Crippen molar-refractivity contribution in [2.75, 3.05) is 38.1 Å². The molecule has 152 valence electrons. The molecule has 2 aromatic heterocycles. The van der Waals surface area contributed by atoms with E-state index in [1.165, 1.54) is 0 Å². The quantitative estimate of drug-likeness (QED) is 0.334. The molecule has 3 aromatic rings. The molecule has 1 N–H and O–H groups in total. The van der Waals surface area contributed by atoms with Crippen LogP contribution in [-0.4, -0.2) is 63.8 Å². The molecule has 3 heterocycles. The molecule has 0 aliphatic carbocycles. The number of piperazine rings is 1. The number of rotatable bonds is 4. The van der Waals surface area contributed by atoms with Gasteiger partial charge < -0.3 is 15.1 Å². The van der Waals surface area contributed by atoms with Crippen LogP contribution in [0.2, 0.25) is 0 Å². The highest BCUT2D eigenvalue weighted by Crippen LogP contribution is 2.10. The Morgan fingerprint density at radius 1 is 1.00 bits per heavy atom. The molecule has 1 fully saturated rings. The number of guanidine groups is 1. The van der Waals surface area contributed by atoms with Gasteiger partial charge in [-0.15, -0.1) is 24.0 Å². The van der Waals surface area contributed by atoms with Gasteiger partial charge in [0, 0.05) is 51.8 Å². The third kappa shape index (κ3) is 5.22. The summed E-state index contributed by atoms with van der Waals surface area (Å²) in [5.74, 6) is 1.68. The van der Waals surface area contributed by atoms with Crippen molar-refractivity contribution in [1.82, 2.24) is 30.0 Å². The summed E-state index contributed by atoms with van der Waals surface area (Å²) in [5.41, 5.74) is 2.03. The van der Waals surface area contributed by atoms with Gasteiger partial charge in [0.1, 0.15) is 0 Å². The van der Waals surface area contributed by atoms with Crippen molar-refractivity contribution in [3.8, 4) is 5.69 Å². The number of nitrogens with one attached hydrogen (secondary N) is 1. The van der Waals surface area contributed by atoms with Crippen molar-refractivity contribution in [3.63, 3.8) is 0 Å². The molecular weight excluding hydrogens is 479 g/mol. The summed E-state index contributed by atoms with van der Waals surface area (Å²) in [7, 11) is 1.82. The average Bonchev–Trinajstić information content (AvgIpc) is 3.25. The Kier molecular flexibility index (Phi) is 7.39. The Morgan fingerprint density at radius 2 is 1.72 bits per heavy atom. The molecule has 0 amide bonds. The van der Waals surface area contributed by atoms with Gasteiger partial charge in [0.15, 0.2) is 5.96 Å². The standard InChI is InChI=1S/C20H24N8.HI/c1-21-19(26-12-14-27(15-13-26)20-22-9-5-10-23-20)24-16-17-8-11-28(25-17)18-6-3-2-4-7-18;/h2-11H,12-16H2,1H3,(H,21,24);1H. The van der Waals surface area contributed by atoms with E-state index >= 15 is 0 Å². The van der Waals surface area contributed by atoms with E-state index in [4.69, 9.17) is 0 Å². The summed E-state index contributed by atoms with van der Waals surface area (Å²) in [6.07, 6.45) is 5.54. The van der Waals surface area contributed by atoms with E-state index < -0.39 is 0 Å². The van der Waals surface area contributed by atoms with Crippen LogP contribution in [0.3, 0.4) is 0 Å². The molecule has 4 rings (SSSR count). The Bertz CT molecular complexity index is 905. The smallest absolute Gasteiger partial charge is 0.225 e. The predicted octanol–water partition coefficient (Wildman–Crippen LogP) is 2.18. The SMILES string of the molecule is CN=C(NCc1ccn(-c2ccccc2)n1)N1CCN(c2ncccn2)CC1.I. The molecule has 0 saturated carbocycles. The van der Waals surface area contributed by atoms with Crippen LogP contribution >= 0.6 is 24.0 Å². The van der Waals surface area contributed by atoms with Crippen LogP contribution in [0, 0.1) is 0 Å². The van der Waals surface area contributed by atoms with Crippen LogP contribution < -0.4 is 10.2 Å². The summed E-state index contributed by atoms with van der Waals surface area (Å²) in [6, 6.07) is 14.0. The van der Waals surface area contributed by atoms with Gasteiger partial charge >= 0.3 is 0 Å². The van der Waals surface area contributed by atoms with Crippen molar-refractivity contribution < 1.29 is 0 Å². The third-order valence-corrected chi connectivity index (χ3v) is 4.72. The molecule has 1 aromatic carbocycles. The van der Waals surface area contributed by atoms with E-state index in [9.17, 15) is 0 Å². The number of nitrogens with zero attached hydrogens (tertiary/aromatic N) is 7. The van der Waals surface area contributed by atoms with Crippen molar-refractivity contribution in [2.45, 2.75) is 6.54 Å². The maximum absolute atomic E-state index is 4.64. The van der Waals surface area contributed by atoms with Gasteiger partial charge in [-0.1, -0.05) is 18.2 Å². The van der Waals surface area contributed by atoms with Crippen molar-refractivity contribution in [1.29, 1.82) is 0 Å². The monoisotopic (exact) mass is 504 g/mol. The van der Waals surface area contributed by atoms with Crippen LogP contribution in [-0.2, 0) is 6.54 Å². The highest BCUT2D eigenvalue weighted by molar-refractivity contribution is 14.0. The normalized spacial score (nSPS) is 14.4. The molecule has 9 heteroatoms. The number of halogens is 1. The van der Waals surface area contributed by atoms with Crippen molar-refractivity contribution >= 4 is 35.9 Å². The maximum atomic E-state index is 4.64. The van der Waals surface area contributed by atoms with Crippen LogP contribution in [0.5, 0.6) is 0 Å². The van der Waals surface area contributed by atoms with E-state index in [0.29, 0.717) is 6.54 Å². The minimum atomic E-state index is 0. The predicted molar refractivity (Wildman–Crippen MR) is 125 cm³/mol. The van der Waals surface area contributed by atoms with Gasteiger partial charge in [-0.3, -0.25) is 4.99 Å². The molecular formula is C20H25IN8. The fourth-order valence-corrected chi connectivity index (χ4v) is 3.26. The first-order chi connectivity index (χ1) is 13.8. The molecule has 1 aliphatic rings. The summed E-state index contributed by atoms with van der Waals surface area (Å²) >= 11 is 0. The van der Waals surface area contributed by atoms with E-state index in [0.717, 1.165) is 49.5 Å². The van der Waals surface area contributed by atoms with E-state index in [-0.39, 0.29) is 24.0 Å². The highest BCUT2D eigenvalue weighted by atomic mass is 127. The summed E-state index contributed by atoms with van der Waals surface area (Å²) < 4.78 is 1.89. The van der Waals surface area contributed by atoms with Crippen molar-refractivity contribution in [3.05, 3.63) is 66.7 Å². The zero-order chi connectivity index (χ0) is 19.2. The molecule has 0 spiro atoms. The van der Waals surface area contributed by atoms with Gasteiger partial charge in [0.2, 0.25) is 5.95 Å². The fraction of sp³-hybridized carbons (Fsp3) is 0.300. The lowest BCUT2D eigenvalue weighted by molar-refractivity contribution is 0.369. The maximum Gasteiger partial charge on any atom is 0.225 e. The first kappa shape index (κ1) is 21.0. The summed E-state index contributed by atoms with van der Waals surface area (Å²) in [6.45, 7) is 4.11. The zero-order valence-electron chi connectivity index (χ0n) is 16.3. The minimum Gasteiger partial charge on any atom is -0.351 e. The molecule has 8 nitrogen and oxygen atoms in total. The van der Waals surface area contributed by atoms with E-state index in [1.54, 1.807) is 12.4 Å². The Balaban J connectivity index is 0.00000240. The van der Waals surface area contributed by atoms with Gasteiger partial charge in [-0.05, 0) is 24.3 Å². The molecule has 1 aliphatic heterocycles. The van der Waals surface area contributed by atoms with Gasteiger partial charge in [-0.2, -0.15) is 5.10 Å². The lowest BCUT2D eigenvalue weighted by Gasteiger charge is -2.36. The Labute approximate surface area is 187 Å². The van der Waals surface area contributed by atoms with Crippen LogP contribution in [0.4, 0.5) is 5.95 Å². The first-order valence-corrected chi connectivity index (χ1v) is 9.41. The topological polar surface area (TPSA) is 74.5 Å². The van der Waals surface area contributed by atoms with E-state index in [2.05, 4.69) is 35.2 Å². The Hall–Kier alpha value is -2.69. The third-order valence-electron chi connectivity index (χ3n) is 4.72. The Morgan fingerprint density at radius 3 is 2.41 bits per heavy atom. The second kappa shape index (κ2) is 10.2. The largest absolute Gasteiger partial charge is 0.351 e. The fourth-order valence-electron chi connectivity index (χ4n) is 3.26. The number of hydrogen-bond acceptors (Lipinski definition) is 5. The lowest BCUT2D eigenvalue weighted by atomic mass is 10.3. The van der Waals surface area contributed by atoms with Gasteiger partial charge in [0.25, 0.3) is 0 Å². The average molecular weight is 504 g/mol. The second-order valence-corrected chi connectivity index (χ2v) is 6.51. The number of aliphatic imine (C=N–C) groups is 1. The number of anilines is 1. The van der Waals surface area contributed by atoms with E-state index in [1.807, 2.05) is 60.4 Å². The molecule has 0 bridgehead atoms. The first-order valence-electron chi connectivity index (χ1n) is 9.41. The van der Waals surface area contributed by atoms with Crippen LogP contribution in [0.15, 0.2) is 66.0 Å². The summed E-state index contributed by atoms with van der Waals surface area (Å²) in [4.78, 5) is 17.6. The van der Waals surface area contributed by atoms with Gasteiger partial charge in [-0.25, -0.2) is 14.6 Å². The molecule has 0 atom stereocenters.